The second-order valence-corrected chi connectivity index (χ2v) is 6.26. The Bertz CT molecular complexity index is 605. The monoisotopic (exact) mass is 322 g/mol. The van der Waals surface area contributed by atoms with Gasteiger partial charge < -0.3 is 10.8 Å². The SMILES string of the molecule is CCc1ccccc1N1C(=O)C[C@H](SC[C@H](N)C(=O)O)C1=O. The predicted molar refractivity (Wildman–Crippen MR) is 84.8 cm³/mol. The molecule has 1 aromatic rings. The summed E-state index contributed by atoms with van der Waals surface area (Å²) >= 11 is 1.13. The van der Waals surface area contributed by atoms with Crippen molar-refractivity contribution in [1.82, 2.24) is 0 Å². The molecule has 6 nitrogen and oxygen atoms in total. The summed E-state index contributed by atoms with van der Waals surface area (Å²) in [6.45, 7) is 1.96. The standard InChI is InChI=1S/C15H18N2O4S/c1-2-9-5-3-4-6-11(9)17-13(18)7-12(14(17)19)22-8-10(16)15(20)21/h3-6,10,12H,2,7-8,16H2,1H3,(H,20,21)/t10-,12-/m0/s1. The van der Waals surface area contributed by atoms with E-state index >= 15 is 0 Å². The summed E-state index contributed by atoms with van der Waals surface area (Å²) in [5.74, 6) is -1.57. The lowest BCUT2D eigenvalue weighted by atomic mass is 10.1. The van der Waals surface area contributed by atoms with Crippen molar-refractivity contribution >= 4 is 35.2 Å². The van der Waals surface area contributed by atoms with Gasteiger partial charge in [0.25, 0.3) is 0 Å². The molecule has 1 heterocycles. The maximum Gasteiger partial charge on any atom is 0.321 e. The lowest BCUT2D eigenvalue weighted by Gasteiger charge is -2.18. The van der Waals surface area contributed by atoms with E-state index in [2.05, 4.69) is 0 Å². The van der Waals surface area contributed by atoms with Crippen molar-refractivity contribution in [2.24, 2.45) is 5.73 Å². The molecule has 118 valence electrons. The minimum Gasteiger partial charge on any atom is -0.480 e. The van der Waals surface area contributed by atoms with Crippen molar-refractivity contribution in [3.63, 3.8) is 0 Å². The molecule has 1 aliphatic rings. The number of aryl methyl sites for hydroxylation is 1. The van der Waals surface area contributed by atoms with Crippen molar-refractivity contribution in [3.05, 3.63) is 29.8 Å². The smallest absolute Gasteiger partial charge is 0.321 e. The highest BCUT2D eigenvalue weighted by Crippen LogP contribution is 2.32. The zero-order valence-electron chi connectivity index (χ0n) is 12.2. The highest BCUT2D eigenvalue weighted by molar-refractivity contribution is 8.00. The molecule has 22 heavy (non-hydrogen) atoms. The Morgan fingerprint density at radius 1 is 1.45 bits per heavy atom. The number of hydrogen-bond donors (Lipinski definition) is 2. The van der Waals surface area contributed by atoms with E-state index in [0.717, 1.165) is 23.7 Å². The van der Waals surface area contributed by atoms with Crippen LogP contribution in [0.2, 0.25) is 0 Å². The molecule has 0 radical (unpaired) electrons. The van der Waals surface area contributed by atoms with Crippen molar-refractivity contribution in [2.45, 2.75) is 31.1 Å². The number of carboxylic acids is 1. The molecule has 0 spiro atoms. The molecule has 2 amide bonds. The van der Waals surface area contributed by atoms with Gasteiger partial charge in [-0.15, -0.1) is 11.8 Å². The number of carbonyl (C=O) groups excluding carboxylic acids is 2. The number of nitrogens with zero attached hydrogens (tertiary/aromatic N) is 1. The van der Waals surface area contributed by atoms with Gasteiger partial charge in [0.1, 0.15) is 6.04 Å². The van der Waals surface area contributed by atoms with Gasteiger partial charge >= 0.3 is 5.97 Å². The predicted octanol–water partition coefficient (Wildman–Crippen LogP) is 1.03. The van der Waals surface area contributed by atoms with E-state index in [1.165, 1.54) is 4.90 Å². The summed E-state index contributed by atoms with van der Waals surface area (Å²) < 4.78 is 0. The van der Waals surface area contributed by atoms with E-state index in [0.29, 0.717) is 5.69 Å². The summed E-state index contributed by atoms with van der Waals surface area (Å²) in [7, 11) is 0. The summed E-state index contributed by atoms with van der Waals surface area (Å²) in [5, 5.41) is 8.20. The van der Waals surface area contributed by atoms with Crippen LogP contribution >= 0.6 is 11.8 Å². The Hall–Kier alpha value is -1.86. The van der Waals surface area contributed by atoms with Crippen molar-refractivity contribution in [2.75, 3.05) is 10.7 Å². The second kappa shape index (κ2) is 6.93. The van der Waals surface area contributed by atoms with Crippen LogP contribution in [0.3, 0.4) is 0 Å². The van der Waals surface area contributed by atoms with Gasteiger partial charge in [0.15, 0.2) is 0 Å². The number of rotatable bonds is 6. The molecule has 0 unspecified atom stereocenters. The Labute approximate surface area is 132 Å². The van der Waals surface area contributed by atoms with E-state index in [1.54, 1.807) is 12.1 Å². The van der Waals surface area contributed by atoms with Crippen LogP contribution in [0.15, 0.2) is 24.3 Å². The lowest BCUT2D eigenvalue weighted by Crippen LogP contribution is -2.35. The van der Waals surface area contributed by atoms with Crippen LogP contribution in [0.4, 0.5) is 5.69 Å². The number of aliphatic carboxylic acids is 1. The molecule has 1 saturated heterocycles. The first-order valence-electron chi connectivity index (χ1n) is 7.00. The van der Waals surface area contributed by atoms with Gasteiger partial charge in [0.05, 0.1) is 10.9 Å². The number of carboxylic acid groups (broad SMARTS) is 1. The molecule has 0 aromatic heterocycles. The number of hydrogen-bond acceptors (Lipinski definition) is 5. The number of nitrogens with two attached hydrogens (primary N) is 1. The van der Waals surface area contributed by atoms with Gasteiger partial charge in [-0.05, 0) is 18.1 Å². The lowest BCUT2D eigenvalue weighted by molar-refractivity contribution is -0.138. The molecule has 2 atom stereocenters. The molecule has 0 aliphatic carbocycles. The fraction of sp³-hybridized carbons (Fsp3) is 0.400. The van der Waals surface area contributed by atoms with Crippen LogP contribution in [0.5, 0.6) is 0 Å². The molecule has 2 rings (SSSR count). The molecule has 1 fully saturated rings. The van der Waals surface area contributed by atoms with Gasteiger partial charge in [-0.1, -0.05) is 25.1 Å². The van der Waals surface area contributed by atoms with Gasteiger partial charge in [0, 0.05) is 12.2 Å². The highest BCUT2D eigenvalue weighted by Gasteiger charge is 2.40. The van der Waals surface area contributed by atoms with Crippen LogP contribution in [0.25, 0.3) is 0 Å². The quantitative estimate of drug-likeness (QED) is 0.759. The number of benzene rings is 1. The number of thioether (sulfide) groups is 1. The zero-order chi connectivity index (χ0) is 16.3. The van der Waals surface area contributed by atoms with Gasteiger partial charge in [-0.3, -0.25) is 14.4 Å². The van der Waals surface area contributed by atoms with E-state index in [-0.39, 0.29) is 24.0 Å². The van der Waals surface area contributed by atoms with Crippen LogP contribution < -0.4 is 10.6 Å². The summed E-state index contributed by atoms with van der Waals surface area (Å²) in [6, 6.07) is 6.26. The average molecular weight is 322 g/mol. The van der Waals surface area contributed by atoms with Gasteiger partial charge in [0.2, 0.25) is 11.8 Å². The molecular formula is C15H18N2O4S. The van der Waals surface area contributed by atoms with Crippen LogP contribution in [-0.2, 0) is 20.8 Å². The van der Waals surface area contributed by atoms with Crippen molar-refractivity contribution in [3.8, 4) is 0 Å². The third-order valence-electron chi connectivity index (χ3n) is 3.51. The molecular weight excluding hydrogens is 304 g/mol. The average Bonchev–Trinajstić information content (AvgIpc) is 2.78. The summed E-state index contributed by atoms with van der Waals surface area (Å²) in [5.41, 5.74) is 6.98. The molecule has 0 bridgehead atoms. The summed E-state index contributed by atoms with van der Waals surface area (Å²) in [6.07, 6.45) is 0.794. The minimum absolute atomic E-state index is 0.0773. The first kappa shape index (κ1) is 16.5. The first-order chi connectivity index (χ1) is 10.5. The van der Waals surface area contributed by atoms with Gasteiger partial charge in [-0.2, -0.15) is 0 Å². The molecule has 3 N–H and O–H groups in total. The third kappa shape index (κ3) is 3.31. The van der Waals surface area contributed by atoms with E-state index < -0.39 is 17.3 Å². The molecule has 1 aromatic carbocycles. The number of amides is 2. The second-order valence-electron chi connectivity index (χ2n) is 5.02. The number of para-hydroxylation sites is 1. The third-order valence-corrected chi connectivity index (χ3v) is 4.84. The fourth-order valence-corrected chi connectivity index (χ4v) is 3.40. The highest BCUT2D eigenvalue weighted by atomic mass is 32.2. The fourth-order valence-electron chi connectivity index (χ4n) is 2.31. The summed E-state index contributed by atoms with van der Waals surface area (Å²) in [4.78, 5) is 36.6. The normalized spacial score (nSPS) is 19.5. The Morgan fingerprint density at radius 2 is 2.14 bits per heavy atom. The van der Waals surface area contributed by atoms with Crippen LogP contribution in [0.1, 0.15) is 18.9 Å². The van der Waals surface area contributed by atoms with Gasteiger partial charge in [-0.25, -0.2) is 4.90 Å². The largest absolute Gasteiger partial charge is 0.480 e. The maximum absolute atomic E-state index is 12.5. The molecule has 7 heteroatoms. The number of imide groups is 1. The zero-order valence-corrected chi connectivity index (χ0v) is 13.0. The van der Waals surface area contributed by atoms with Crippen molar-refractivity contribution < 1.29 is 19.5 Å². The minimum atomic E-state index is -1.11. The van der Waals surface area contributed by atoms with Crippen molar-refractivity contribution in [1.29, 1.82) is 0 Å². The van der Waals surface area contributed by atoms with Crippen LogP contribution in [-0.4, -0.2) is 39.9 Å². The van der Waals surface area contributed by atoms with E-state index in [4.69, 9.17) is 10.8 Å². The number of carbonyl (C=O) groups is 3. The Balaban J connectivity index is 2.14. The molecule has 1 aliphatic heterocycles. The Morgan fingerprint density at radius 3 is 2.77 bits per heavy atom. The Kier molecular flexibility index (Phi) is 5.20. The van der Waals surface area contributed by atoms with E-state index in [9.17, 15) is 14.4 Å². The maximum atomic E-state index is 12.5. The first-order valence-corrected chi connectivity index (χ1v) is 8.05. The molecule has 0 saturated carbocycles. The number of anilines is 1. The van der Waals surface area contributed by atoms with E-state index in [1.807, 2.05) is 19.1 Å². The van der Waals surface area contributed by atoms with Crippen LogP contribution in [0, 0.1) is 0 Å². The topological polar surface area (TPSA) is 101 Å².